The fraction of sp³-hybridized carbons (Fsp3) is 0.348. The van der Waals surface area contributed by atoms with E-state index >= 15 is 0 Å². The Kier molecular flexibility index (Phi) is 8.68. The van der Waals surface area contributed by atoms with Crippen molar-refractivity contribution in [1.82, 2.24) is 20.2 Å². The van der Waals surface area contributed by atoms with Crippen LogP contribution in [0.15, 0.2) is 43.4 Å². The molecular weight excluding hydrogens is 365 g/mol. The van der Waals surface area contributed by atoms with Crippen molar-refractivity contribution in [2.75, 3.05) is 12.4 Å². The van der Waals surface area contributed by atoms with Gasteiger partial charge in [0.25, 0.3) is 0 Å². The van der Waals surface area contributed by atoms with E-state index in [9.17, 15) is 4.39 Å². The summed E-state index contributed by atoms with van der Waals surface area (Å²) >= 11 is 0. The zero-order chi connectivity index (χ0) is 22.3. The summed E-state index contributed by atoms with van der Waals surface area (Å²) in [7, 11) is 1.80. The lowest BCUT2D eigenvalue weighted by Gasteiger charge is -2.35. The van der Waals surface area contributed by atoms with E-state index in [0.29, 0.717) is 11.4 Å². The molecule has 0 amide bonds. The number of rotatable bonds is 4. The van der Waals surface area contributed by atoms with Crippen LogP contribution in [0.4, 0.5) is 10.1 Å². The molecular formula is C23H32FN5. The van der Waals surface area contributed by atoms with Crippen molar-refractivity contribution in [3.63, 3.8) is 0 Å². The number of hydrazine groups is 1. The van der Waals surface area contributed by atoms with Crippen LogP contribution in [0.1, 0.15) is 58.0 Å². The first-order chi connectivity index (χ1) is 13.8. The predicted octanol–water partition coefficient (Wildman–Crippen LogP) is 5.74. The molecule has 1 aromatic heterocycles. The third kappa shape index (κ3) is 4.69. The van der Waals surface area contributed by atoms with E-state index in [1.165, 1.54) is 0 Å². The standard InChI is InChI=1S/C19H24FN5.C2H6.C2H2/c1-11(2)24-19(7-8-22-24)17-9-16-13(4)25(21-6)14(5)23-18(16)10-15(17)12(3)20;2*1-2/h7-12,21,23H,4-5H2,1-3,6H3;1-2H3;1-2H. The number of hydrogen-bond donors (Lipinski definition) is 2. The first-order valence-electron chi connectivity index (χ1n) is 9.67. The maximum atomic E-state index is 14.4. The van der Waals surface area contributed by atoms with Crippen molar-refractivity contribution in [2.45, 2.75) is 46.8 Å². The lowest BCUT2D eigenvalue weighted by atomic mass is 9.94. The van der Waals surface area contributed by atoms with Gasteiger partial charge in [-0.3, -0.25) is 9.69 Å². The molecule has 156 valence electrons. The van der Waals surface area contributed by atoms with Gasteiger partial charge in [-0.05, 0) is 44.5 Å². The summed E-state index contributed by atoms with van der Waals surface area (Å²) < 4.78 is 16.3. The molecule has 0 saturated carbocycles. The molecule has 0 saturated heterocycles. The molecule has 5 nitrogen and oxygen atoms in total. The Morgan fingerprint density at radius 1 is 1.14 bits per heavy atom. The van der Waals surface area contributed by atoms with Gasteiger partial charge < -0.3 is 5.32 Å². The van der Waals surface area contributed by atoms with Crippen molar-refractivity contribution in [2.24, 2.45) is 0 Å². The van der Waals surface area contributed by atoms with Gasteiger partial charge in [0.15, 0.2) is 0 Å². The summed E-state index contributed by atoms with van der Waals surface area (Å²) in [5.74, 6) is 0.650. The SMILES string of the molecule is C#C.C=C1Nc2cc(C(C)F)c(-c3ccnn3C(C)C)cc2C(=C)N1NC.CC. The first kappa shape index (κ1) is 24.0. The summed E-state index contributed by atoms with van der Waals surface area (Å²) in [4.78, 5) is 0. The molecule has 1 aliphatic rings. The van der Waals surface area contributed by atoms with Gasteiger partial charge in [-0.2, -0.15) is 5.10 Å². The number of hydrogen-bond acceptors (Lipinski definition) is 4. The summed E-state index contributed by atoms with van der Waals surface area (Å²) in [6.45, 7) is 17.8. The molecule has 0 fully saturated rings. The topological polar surface area (TPSA) is 45.1 Å². The number of terminal acetylenes is 1. The Bertz CT molecular complexity index is 877. The monoisotopic (exact) mass is 397 g/mol. The van der Waals surface area contributed by atoms with E-state index < -0.39 is 6.17 Å². The van der Waals surface area contributed by atoms with Crippen LogP contribution in [-0.2, 0) is 0 Å². The number of anilines is 1. The van der Waals surface area contributed by atoms with Crippen LogP contribution >= 0.6 is 0 Å². The number of aromatic nitrogens is 2. The van der Waals surface area contributed by atoms with E-state index in [1.54, 1.807) is 25.2 Å². The molecule has 0 spiro atoms. The van der Waals surface area contributed by atoms with E-state index in [2.05, 4.69) is 55.7 Å². The molecule has 6 heteroatoms. The summed E-state index contributed by atoms with van der Waals surface area (Å²) in [5, 5.41) is 9.37. The van der Waals surface area contributed by atoms with E-state index in [1.807, 2.05) is 36.7 Å². The lowest BCUT2D eigenvalue weighted by molar-refractivity contribution is 0.374. The molecule has 0 aliphatic carbocycles. The van der Waals surface area contributed by atoms with Gasteiger partial charge in [0.1, 0.15) is 12.0 Å². The van der Waals surface area contributed by atoms with Crippen molar-refractivity contribution in [3.05, 3.63) is 54.5 Å². The molecule has 3 rings (SSSR count). The third-order valence-corrected chi connectivity index (χ3v) is 4.41. The molecule has 2 N–H and O–H groups in total. The number of nitrogens with one attached hydrogen (secondary N) is 2. The van der Waals surface area contributed by atoms with Crippen LogP contribution in [0.3, 0.4) is 0 Å². The number of halogens is 1. The quantitative estimate of drug-likeness (QED) is 0.646. The summed E-state index contributed by atoms with van der Waals surface area (Å²) in [6.07, 6.45) is 8.64. The zero-order valence-corrected chi connectivity index (χ0v) is 18.3. The Morgan fingerprint density at radius 2 is 1.76 bits per heavy atom. The largest absolute Gasteiger partial charge is 0.340 e. The molecule has 1 aromatic carbocycles. The normalized spacial score (nSPS) is 13.5. The Morgan fingerprint density at radius 3 is 2.28 bits per heavy atom. The van der Waals surface area contributed by atoms with Crippen LogP contribution in [0, 0.1) is 12.8 Å². The minimum atomic E-state index is -1.11. The smallest absolute Gasteiger partial charge is 0.123 e. The average Bonchev–Trinajstić information content (AvgIpc) is 3.20. The van der Waals surface area contributed by atoms with Gasteiger partial charge in [-0.1, -0.05) is 27.0 Å². The number of fused-ring (bicyclic) bond motifs is 1. The second-order valence-electron chi connectivity index (χ2n) is 6.43. The van der Waals surface area contributed by atoms with Crippen LogP contribution < -0.4 is 10.7 Å². The van der Waals surface area contributed by atoms with Crippen molar-refractivity contribution in [3.8, 4) is 24.1 Å². The lowest BCUT2D eigenvalue weighted by Crippen LogP contribution is -2.38. The van der Waals surface area contributed by atoms with Gasteiger partial charge in [0.05, 0.1) is 11.4 Å². The molecule has 0 bridgehead atoms. The zero-order valence-electron chi connectivity index (χ0n) is 18.3. The Hall–Kier alpha value is -3.04. The Balaban J connectivity index is 0.000000989. The second kappa shape index (κ2) is 10.5. The number of benzene rings is 1. The van der Waals surface area contributed by atoms with Gasteiger partial charge in [0.2, 0.25) is 0 Å². The van der Waals surface area contributed by atoms with E-state index in [-0.39, 0.29) is 6.04 Å². The molecule has 1 aliphatic heterocycles. The molecule has 0 radical (unpaired) electrons. The van der Waals surface area contributed by atoms with Crippen LogP contribution in [-0.4, -0.2) is 21.8 Å². The highest BCUT2D eigenvalue weighted by Gasteiger charge is 2.26. The maximum Gasteiger partial charge on any atom is 0.123 e. The van der Waals surface area contributed by atoms with Crippen LogP contribution in [0.5, 0.6) is 0 Å². The highest BCUT2D eigenvalue weighted by atomic mass is 19.1. The van der Waals surface area contributed by atoms with Crippen LogP contribution in [0.25, 0.3) is 17.0 Å². The van der Waals surface area contributed by atoms with E-state index in [0.717, 1.165) is 28.2 Å². The second-order valence-corrected chi connectivity index (χ2v) is 6.43. The number of alkyl halides is 1. The minimum Gasteiger partial charge on any atom is -0.340 e. The van der Waals surface area contributed by atoms with Gasteiger partial charge in [0, 0.05) is 36.1 Å². The Labute approximate surface area is 174 Å². The molecule has 2 aromatic rings. The van der Waals surface area contributed by atoms with Gasteiger partial charge in [-0.25, -0.2) is 9.82 Å². The molecule has 2 heterocycles. The fourth-order valence-corrected chi connectivity index (χ4v) is 3.21. The fourth-order valence-electron chi connectivity index (χ4n) is 3.21. The molecule has 1 atom stereocenters. The summed E-state index contributed by atoms with van der Waals surface area (Å²) in [6, 6.07) is 5.92. The average molecular weight is 398 g/mol. The van der Waals surface area contributed by atoms with Crippen molar-refractivity contribution >= 4 is 11.4 Å². The van der Waals surface area contributed by atoms with Crippen molar-refractivity contribution in [1.29, 1.82) is 0 Å². The first-order valence-corrected chi connectivity index (χ1v) is 9.67. The van der Waals surface area contributed by atoms with Gasteiger partial charge in [-0.15, -0.1) is 12.8 Å². The minimum absolute atomic E-state index is 0.179. The maximum absolute atomic E-state index is 14.4. The summed E-state index contributed by atoms with van der Waals surface area (Å²) in [5.41, 5.74) is 7.85. The van der Waals surface area contributed by atoms with E-state index in [4.69, 9.17) is 0 Å². The van der Waals surface area contributed by atoms with Gasteiger partial charge >= 0.3 is 0 Å². The van der Waals surface area contributed by atoms with Crippen LogP contribution in [0.2, 0.25) is 0 Å². The third-order valence-electron chi connectivity index (χ3n) is 4.41. The highest BCUT2D eigenvalue weighted by Crippen LogP contribution is 2.40. The predicted molar refractivity (Wildman–Crippen MR) is 122 cm³/mol. The van der Waals surface area contributed by atoms with Crippen molar-refractivity contribution < 1.29 is 4.39 Å². The highest BCUT2D eigenvalue weighted by molar-refractivity contribution is 5.84. The molecule has 1 unspecified atom stereocenters. The number of nitrogens with zero attached hydrogens (tertiary/aromatic N) is 3. The molecule has 29 heavy (non-hydrogen) atoms.